The van der Waals surface area contributed by atoms with E-state index in [1.165, 1.54) is 23.7 Å². The Bertz CT molecular complexity index is 1420. The molecule has 0 amide bonds. The molecule has 4 heterocycles. The zero-order chi connectivity index (χ0) is 23.0. The summed E-state index contributed by atoms with van der Waals surface area (Å²) in [6.07, 6.45) is 1.28. The number of fused-ring (bicyclic) bond motifs is 2. The fourth-order valence-corrected chi connectivity index (χ4v) is 4.23. The Morgan fingerprint density at radius 2 is 2.00 bits per heavy atom. The van der Waals surface area contributed by atoms with Crippen LogP contribution in [-0.2, 0) is 19.1 Å². The van der Waals surface area contributed by atoms with Crippen LogP contribution in [-0.4, -0.2) is 41.2 Å². The fourth-order valence-electron chi connectivity index (χ4n) is 3.42. The normalized spacial score (nSPS) is 12.0. The van der Waals surface area contributed by atoms with Crippen molar-refractivity contribution in [3.8, 4) is 0 Å². The largest absolute Gasteiger partial charge is 0.416 e. The molecule has 0 aliphatic carbocycles. The maximum atomic E-state index is 12.9. The number of halogens is 3. The number of benzene rings is 1. The van der Waals surface area contributed by atoms with Gasteiger partial charge in [0.2, 0.25) is 5.95 Å². The maximum Gasteiger partial charge on any atom is 0.416 e. The summed E-state index contributed by atoms with van der Waals surface area (Å²) >= 11 is 1.44. The van der Waals surface area contributed by atoms with Gasteiger partial charge in [-0.3, -0.25) is 4.68 Å². The standard InChI is InChI=1S/C20H18F3N9S/c1-2-32-16-15(9-28-32)26-10-27-17(16)24-6-5-12-8-25-19(33-12)31-18-29-13-4-3-11(20(21,22)23)7-14(13)30-18/h3-4,7-10H,2,5-6H2,1H3,(H,24,26,27)(H2,25,29,30,31). The molecule has 5 rings (SSSR count). The van der Waals surface area contributed by atoms with E-state index >= 15 is 0 Å². The zero-order valence-corrected chi connectivity index (χ0v) is 18.1. The van der Waals surface area contributed by atoms with Crippen molar-refractivity contribution in [2.45, 2.75) is 26.1 Å². The summed E-state index contributed by atoms with van der Waals surface area (Å²) in [7, 11) is 0. The molecule has 4 aromatic heterocycles. The van der Waals surface area contributed by atoms with E-state index in [1.54, 1.807) is 12.4 Å². The number of thiazole rings is 1. The second kappa shape index (κ2) is 8.31. The second-order valence-electron chi connectivity index (χ2n) is 7.17. The highest BCUT2D eigenvalue weighted by Crippen LogP contribution is 2.31. The number of nitrogens with zero attached hydrogens (tertiary/aromatic N) is 6. The Morgan fingerprint density at radius 3 is 2.82 bits per heavy atom. The van der Waals surface area contributed by atoms with Gasteiger partial charge in [0, 0.05) is 30.6 Å². The van der Waals surface area contributed by atoms with Gasteiger partial charge in [-0.1, -0.05) is 0 Å². The van der Waals surface area contributed by atoms with Crippen LogP contribution in [0.5, 0.6) is 0 Å². The van der Waals surface area contributed by atoms with Crippen molar-refractivity contribution in [3.63, 3.8) is 0 Å². The Labute approximate surface area is 189 Å². The number of H-pyrrole nitrogens is 1. The highest BCUT2D eigenvalue weighted by Gasteiger charge is 2.30. The lowest BCUT2D eigenvalue weighted by molar-refractivity contribution is -0.137. The predicted molar refractivity (Wildman–Crippen MR) is 120 cm³/mol. The molecule has 1 aromatic carbocycles. The first kappa shape index (κ1) is 21.1. The molecule has 33 heavy (non-hydrogen) atoms. The van der Waals surface area contributed by atoms with Crippen LogP contribution in [0.1, 0.15) is 17.4 Å². The van der Waals surface area contributed by atoms with Crippen molar-refractivity contribution in [2.24, 2.45) is 0 Å². The number of anilines is 3. The number of aryl methyl sites for hydroxylation is 1. The number of hydrogen-bond donors (Lipinski definition) is 3. The maximum absolute atomic E-state index is 12.9. The molecule has 0 aliphatic heterocycles. The fraction of sp³-hybridized carbons (Fsp3) is 0.250. The third-order valence-corrected chi connectivity index (χ3v) is 5.95. The third-order valence-electron chi connectivity index (χ3n) is 4.98. The first-order valence-electron chi connectivity index (χ1n) is 10.1. The molecule has 0 atom stereocenters. The quantitative estimate of drug-likeness (QED) is 0.317. The van der Waals surface area contributed by atoms with Gasteiger partial charge >= 0.3 is 6.18 Å². The molecule has 5 aromatic rings. The highest BCUT2D eigenvalue weighted by atomic mass is 32.1. The molecule has 0 saturated heterocycles. The Hall–Kier alpha value is -3.74. The number of imidazole rings is 1. The summed E-state index contributed by atoms with van der Waals surface area (Å²) in [6.45, 7) is 3.36. The van der Waals surface area contributed by atoms with Crippen LogP contribution in [0, 0.1) is 0 Å². The Balaban J connectivity index is 1.23. The van der Waals surface area contributed by atoms with Crippen LogP contribution in [0.4, 0.5) is 30.1 Å². The van der Waals surface area contributed by atoms with Gasteiger partial charge in [-0.15, -0.1) is 11.3 Å². The smallest absolute Gasteiger partial charge is 0.368 e. The van der Waals surface area contributed by atoms with E-state index in [4.69, 9.17) is 0 Å². The van der Waals surface area contributed by atoms with Crippen molar-refractivity contribution in [1.29, 1.82) is 0 Å². The number of rotatable bonds is 7. The Morgan fingerprint density at radius 1 is 1.12 bits per heavy atom. The number of nitrogens with one attached hydrogen (secondary N) is 3. The molecular weight excluding hydrogens is 455 g/mol. The van der Waals surface area contributed by atoms with Crippen LogP contribution in [0.15, 0.2) is 36.9 Å². The summed E-state index contributed by atoms with van der Waals surface area (Å²) in [5, 5.41) is 11.3. The monoisotopic (exact) mass is 473 g/mol. The van der Waals surface area contributed by atoms with Crippen LogP contribution < -0.4 is 10.6 Å². The molecular formula is C20H18F3N9S. The lowest BCUT2D eigenvalue weighted by Crippen LogP contribution is -2.08. The van der Waals surface area contributed by atoms with Crippen molar-refractivity contribution in [1.82, 2.24) is 34.7 Å². The topological polar surface area (TPSA) is 109 Å². The van der Waals surface area contributed by atoms with E-state index in [0.717, 1.165) is 33.9 Å². The van der Waals surface area contributed by atoms with Crippen LogP contribution in [0.25, 0.3) is 22.1 Å². The number of alkyl halides is 3. The molecule has 170 valence electrons. The van der Waals surface area contributed by atoms with E-state index in [2.05, 4.69) is 40.7 Å². The molecule has 0 spiro atoms. The highest BCUT2D eigenvalue weighted by molar-refractivity contribution is 7.15. The lowest BCUT2D eigenvalue weighted by atomic mass is 10.2. The summed E-state index contributed by atoms with van der Waals surface area (Å²) in [4.78, 5) is 21.1. The van der Waals surface area contributed by atoms with Crippen molar-refractivity contribution >= 4 is 50.3 Å². The molecule has 9 nitrogen and oxygen atoms in total. The number of hydrogen-bond acceptors (Lipinski definition) is 8. The van der Waals surface area contributed by atoms with Gasteiger partial charge < -0.3 is 15.6 Å². The van der Waals surface area contributed by atoms with E-state index in [-0.39, 0.29) is 5.52 Å². The van der Waals surface area contributed by atoms with Gasteiger partial charge in [0.1, 0.15) is 17.4 Å². The van der Waals surface area contributed by atoms with Crippen molar-refractivity contribution < 1.29 is 13.2 Å². The molecule has 0 fully saturated rings. The molecule has 0 saturated carbocycles. The Kier molecular flexibility index (Phi) is 5.32. The summed E-state index contributed by atoms with van der Waals surface area (Å²) < 4.78 is 40.6. The third kappa shape index (κ3) is 4.31. The van der Waals surface area contributed by atoms with E-state index < -0.39 is 11.7 Å². The molecule has 0 unspecified atom stereocenters. The minimum atomic E-state index is -4.41. The van der Waals surface area contributed by atoms with Gasteiger partial charge in [0.05, 0.1) is 22.8 Å². The van der Waals surface area contributed by atoms with E-state index in [1.807, 2.05) is 11.6 Å². The lowest BCUT2D eigenvalue weighted by Gasteiger charge is -2.07. The second-order valence-corrected chi connectivity index (χ2v) is 8.28. The zero-order valence-electron chi connectivity index (χ0n) is 17.3. The first-order chi connectivity index (χ1) is 15.9. The van der Waals surface area contributed by atoms with E-state index in [0.29, 0.717) is 36.1 Å². The predicted octanol–water partition coefficient (Wildman–Crippen LogP) is 4.60. The minimum absolute atomic E-state index is 0.232. The van der Waals surface area contributed by atoms with Crippen molar-refractivity contribution in [2.75, 3.05) is 17.2 Å². The van der Waals surface area contributed by atoms with Gasteiger partial charge in [-0.2, -0.15) is 18.3 Å². The van der Waals surface area contributed by atoms with Gasteiger partial charge in [-0.25, -0.2) is 19.9 Å². The molecule has 0 bridgehead atoms. The van der Waals surface area contributed by atoms with Gasteiger partial charge in [0.25, 0.3) is 0 Å². The van der Waals surface area contributed by atoms with Crippen LogP contribution in [0.2, 0.25) is 0 Å². The molecule has 0 aliphatic rings. The average Bonchev–Trinajstić information content (AvgIpc) is 3.50. The molecule has 0 radical (unpaired) electrons. The summed E-state index contributed by atoms with van der Waals surface area (Å²) in [6, 6.07) is 3.41. The van der Waals surface area contributed by atoms with Gasteiger partial charge in [0.15, 0.2) is 10.9 Å². The van der Waals surface area contributed by atoms with Crippen LogP contribution in [0.3, 0.4) is 0 Å². The molecule has 3 N–H and O–H groups in total. The first-order valence-corrected chi connectivity index (χ1v) is 10.9. The number of aromatic amines is 1. The van der Waals surface area contributed by atoms with Gasteiger partial charge in [-0.05, 0) is 25.1 Å². The SMILES string of the molecule is CCn1ncc2ncnc(NCCc3cnc(Nc4nc5cc(C(F)(F)F)ccc5[nH]4)s3)c21. The summed E-state index contributed by atoms with van der Waals surface area (Å²) in [5.41, 5.74) is 1.65. The van der Waals surface area contributed by atoms with Crippen LogP contribution >= 0.6 is 11.3 Å². The number of aromatic nitrogens is 7. The molecule has 13 heteroatoms. The minimum Gasteiger partial charge on any atom is -0.368 e. The summed E-state index contributed by atoms with van der Waals surface area (Å²) in [5.74, 6) is 1.06. The van der Waals surface area contributed by atoms with Crippen molar-refractivity contribution in [3.05, 3.63) is 47.4 Å². The van der Waals surface area contributed by atoms with E-state index in [9.17, 15) is 13.2 Å². The average molecular weight is 473 g/mol.